The summed E-state index contributed by atoms with van der Waals surface area (Å²) in [5, 5.41) is 4.27. The Bertz CT molecular complexity index is 682. The molecule has 1 aliphatic carbocycles. The number of nitrogens with one attached hydrogen (secondary N) is 1. The molecule has 5 heteroatoms. The Morgan fingerprint density at radius 3 is 2.94 bits per heavy atom. The van der Waals surface area contributed by atoms with Crippen LogP contribution in [-0.2, 0) is 0 Å². The Hall–Kier alpha value is -2.30. The highest BCUT2D eigenvalue weighted by Crippen LogP contribution is 2.10. The summed E-state index contributed by atoms with van der Waals surface area (Å²) in [6.07, 6.45) is 7.92. The summed E-state index contributed by atoms with van der Waals surface area (Å²) >= 11 is 0. The molecule has 0 saturated heterocycles. The van der Waals surface area contributed by atoms with E-state index in [-0.39, 0.29) is 5.83 Å². The van der Waals surface area contributed by atoms with E-state index >= 15 is 0 Å². The second-order valence-corrected chi connectivity index (χ2v) is 4.00. The van der Waals surface area contributed by atoms with Gasteiger partial charge in [-0.1, -0.05) is 6.08 Å². The summed E-state index contributed by atoms with van der Waals surface area (Å²) in [5.74, 6) is 1.00. The first-order chi connectivity index (χ1) is 8.83. The molecule has 2 aromatic heterocycles. The monoisotopic (exact) mass is 242 g/mol. The zero-order valence-corrected chi connectivity index (χ0v) is 9.60. The lowest BCUT2D eigenvalue weighted by Gasteiger charge is -2.06. The van der Waals surface area contributed by atoms with Crippen molar-refractivity contribution in [2.24, 2.45) is 0 Å². The van der Waals surface area contributed by atoms with Gasteiger partial charge in [0.15, 0.2) is 0 Å². The van der Waals surface area contributed by atoms with Gasteiger partial charge in [0, 0.05) is 18.8 Å². The Balaban J connectivity index is 2.01. The maximum Gasteiger partial charge on any atom is 0.150 e. The van der Waals surface area contributed by atoms with Crippen LogP contribution in [-0.4, -0.2) is 15.0 Å². The molecule has 90 valence electrons. The Morgan fingerprint density at radius 1 is 1.17 bits per heavy atom. The van der Waals surface area contributed by atoms with E-state index in [0.717, 1.165) is 11.6 Å². The Labute approximate surface area is 103 Å². The second kappa shape index (κ2) is 4.52. The van der Waals surface area contributed by atoms with Crippen LogP contribution in [0.4, 0.5) is 16.0 Å². The average molecular weight is 242 g/mol. The van der Waals surface area contributed by atoms with E-state index < -0.39 is 0 Å². The molecule has 0 aliphatic heterocycles. The number of rotatable bonds is 2. The largest absolute Gasteiger partial charge is 0.324 e. The van der Waals surface area contributed by atoms with Gasteiger partial charge in [0.2, 0.25) is 0 Å². The topological polar surface area (TPSA) is 50.7 Å². The highest BCUT2D eigenvalue weighted by Gasteiger charge is 2.06. The summed E-state index contributed by atoms with van der Waals surface area (Å²) in [7, 11) is 0. The number of anilines is 2. The smallest absolute Gasteiger partial charge is 0.150 e. The summed E-state index contributed by atoms with van der Waals surface area (Å²) < 4.78 is 13.7. The Morgan fingerprint density at radius 2 is 2.11 bits per heavy atom. The van der Waals surface area contributed by atoms with Crippen molar-refractivity contribution in [3.05, 3.63) is 41.3 Å². The van der Waals surface area contributed by atoms with Crippen molar-refractivity contribution >= 4 is 23.5 Å². The van der Waals surface area contributed by atoms with Gasteiger partial charge in [0.25, 0.3) is 0 Å². The standard InChI is InChI=1S/C13H11FN4/c14-10-3-1-2-9-4-5-11(18-13(9)10)17-12-8-15-6-7-16-12/h2,4-8H,1,3H2,(H,16,17,18). The maximum absolute atomic E-state index is 13.7. The van der Waals surface area contributed by atoms with Gasteiger partial charge in [-0.3, -0.25) is 4.98 Å². The van der Waals surface area contributed by atoms with E-state index in [0.29, 0.717) is 23.4 Å². The molecule has 2 heterocycles. The zero-order valence-electron chi connectivity index (χ0n) is 9.60. The first-order valence-corrected chi connectivity index (χ1v) is 5.72. The number of aromatic nitrogens is 3. The van der Waals surface area contributed by atoms with Crippen LogP contribution in [0, 0.1) is 0 Å². The van der Waals surface area contributed by atoms with E-state index in [2.05, 4.69) is 20.3 Å². The molecular weight excluding hydrogens is 231 g/mol. The molecule has 0 spiro atoms. The third kappa shape index (κ3) is 2.07. The van der Waals surface area contributed by atoms with Gasteiger partial charge in [0.1, 0.15) is 22.8 Å². The fourth-order valence-electron chi connectivity index (χ4n) is 1.89. The van der Waals surface area contributed by atoms with Crippen LogP contribution in [0.3, 0.4) is 0 Å². The van der Waals surface area contributed by atoms with Gasteiger partial charge in [-0.15, -0.1) is 0 Å². The second-order valence-electron chi connectivity index (χ2n) is 4.00. The minimum Gasteiger partial charge on any atom is -0.324 e. The lowest BCUT2D eigenvalue weighted by atomic mass is 10.1. The van der Waals surface area contributed by atoms with Crippen LogP contribution in [0.2, 0.25) is 0 Å². The zero-order chi connectivity index (χ0) is 12.4. The van der Waals surface area contributed by atoms with Gasteiger partial charge in [-0.05, 0) is 23.8 Å². The maximum atomic E-state index is 13.7. The van der Waals surface area contributed by atoms with E-state index in [1.165, 1.54) is 0 Å². The molecule has 0 bridgehead atoms. The molecule has 0 unspecified atom stereocenters. The highest BCUT2D eigenvalue weighted by molar-refractivity contribution is 5.52. The lowest BCUT2D eigenvalue weighted by Crippen LogP contribution is -2.32. The van der Waals surface area contributed by atoms with Crippen molar-refractivity contribution in [3.63, 3.8) is 0 Å². The number of pyridine rings is 1. The van der Waals surface area contributed by atoms with E-state index in [9.17, 15) is 4.39 Å². The molecule has 0 radical (unpaired) electrons. The number of hydrogen-bond acceptors (Lipinski definition) is 4. The molecule has 0 aromatic carbocycles. The van der Waals surface area contributed by atoms with Crippen LogP contribution in [0.1, 0.15) is 12.8 Å². The van der Waals surface area contributed by atoms with Crippen LogP contribution in [0.5, 0.6) is 0 Å². The fourth-order valence-corrected chi connectivity index (χ4v) is 1.89. The molecule has 1 N–H and O–H groups in total. The SMILES string of the molecule is FC1=c2nc(Nc3cnccn3)ccc2=CCC1. The predicted molar refractivity (Wildman–Crippen MR) is 67.0 cm³/mol. The van der Waals surface area contributed by atoms with E-state index in [1.54, 1.807) is 18.6 Å². The lowest BCUT2D eigenvalue weighted by molar-refractivity contribution is 0.690. The summed E-state index contributed by atoms with van der Waals surface area (Å²) in [6.45, 7) is 0. The Kier molecular flexibility index (Phi) is 2.72. The molecule has 18 heavy (non-hydrogen) atoms. The first kappa shape index (κ1) is 10.8. The molecule has 0 amide bonds. The van der Waals surface area contributed by atoms with E-state index in [1.807, 2.05) is 18.2 Å². The van der Waals surface area contributed by atoms with Crippen molar-refractivity contribution in [1.82, 2.24) is 15.0 Å². The van der Waals surface area contributed by atoms with Gasteiger partial charge in [-0.25, -0.2) is 14.4 Å². The van der Waals surface area contributed by atoms with Gasteiger partial charge in [-0.2, -0.15) is 0 Å². The van der Waals surface area contributed by atoms with Crippen LogP contribution < -0.4 is 15.9 Å². The third-order valence-corrected chi connectivity index (χ3v) is 2.73. The van der Waals surface area contributed by atoms with Crippen molar-refractivity contribution in [3.8, 4) is 0 Å². The third-order valence-electron chi connectivity index (χ3n) is 2.73. The molecule has 4 nitrogen and oxygen atoms in total. The quantitative estimate of drug-likeness (QED) is 0.861. The molecule has 2 aromatic rings. The summed E-state index contributed by atoms with van der Waals surface area (Å²) in [5.41, 5.74) is 0. The van der Waals surface area contributed by atoms with Crippen molar-refractivity contribution in [1.29, 1.82) is 0 Å². The molecular formula is C13H11FN4. The van der Waals surface area contributed by atoms with Crippen molar-refractivity contribution in [2.45, 2.75) is 12.8 Å². The van der Waals surface area contributed by atoms with Crippen LogP contribution in [0.15, 0.2) is 30.7 Å². The van der Waals surface area contributed by atoms with Gasteiger partial charge < -0.3 is 5.32 Å². The van der Waals surface area contributed by atoms with Crippen LogP contribution in [0.25, 0.3) is 11.9 Å². The normalized spacial score (nSPS) is 13.7. The molecule has 0 atom stereocenters. The molecule has 3 rings (SSSR count). The van der Waals surface area contributed by atoms with Crippen molar-refractivity contribution in [2.75, 3.05) is 5.32 Å². The number of halogens is 1. The first-order valence-electron chi connectivity index (χ1n) is 5.72. The molecule has 0 fully saturated rings. The van der Waals surface area contributed by atoms with Crippen molar-refractivity contribution < 1.29 is 4.39 Å². The molecule has 0 saturated carbocycles. The van der Waals surface area contributed by atoms with Gasteiger partial charge >= 0.3 is 0 Å². The number of hydrogen-bond donors (Lipinski definition) is 1. The minimum absolute atomic E-state index is 0.157. The number of nitrogens with zero attached hydrogens (tertiary/aromatic N) is 3. The predicted octanol–water partition coefficient (Wildman–Crippen LogP) is 1.27. The minimum atomic E-state index is -0.157. The fraction of sp³-hybridized carbons (Fsp3) is 0.154. The highest BCUT2D eigenvalue weighted by atomic mass is 19.1. The summed E-state index contributed by atoms with van der Waals surface area (Å²) in [4.78, 5) is 12.3. The van der Waals surface area contributed by atoms with Gasteiger partial charge in [0.05, 0.1) is 6.20 Å². The van der Waals surface area contributed by atoms with Crippen LogP contribution >= 0.6 is 0 Å². The average Bonchev–Trinajstić information content (AvgIpc) is 2.41. The van der Waals surface area contributed by atoms with E-state index in [4.69, 9.17) is 0 Å². The summed E-state index contributed by atoms with van der Waals surface area (Å²) in [6, 6.07) is 3.67. The molecule has 1 aliphatic rings. The number of fused-ring (bicyclic) bond motifs is 1.